The van der Waals surface area contributed by atoms with Crippen LogP contribution in [0.4, 0.5) is 5.69 Å². The van der Waals surface area contributed by atoms with Crippen LogP contribution in [0.1, 0.15) is 32.8 Å². The van der Waals surface area contributed by atoms with E-state index < -0.39 is 28.5 Å². The smallest absolute Gasteiger partial charge is 0.244 e. The molecular weight excluding hydrogens is 470 g/mol. The highest BCUT2D eigenvalue weighted by atomic mass is 32.2. The minimum absolute atomic E-state index is 0.0575. The summed E-state index contributed by atoms with van der Waals surface area (Å²) < 4.78 is 36.9. The predicted octanol–water partition coefficient (Wildman–Crippen LogP) is 2.80. The van der Waals surface area contributed by atoms with Crippen LogP contribution >= 0.6 is 0 Å². The van der Waals surface area contributed by atoms with E-state index in [0.717, 1.165) is 22.5 Å². The Morgan fingerprint density at radius 3 is 2.17 bits per heavy atom. The van der Waals surface area contributed by atoms with Crippen molar-refractivity contribution in [1.29, 1.82) is 0 Å². The Labute approximate surface area is 208 Å². The lowest BCUT2D eigenvalue weighted by molar-refractivity contribution is -0.139. The third-order valence-corrected chi connectivity index (χ3v) is 6.84. The van der Waals surface area contributed by atoms with E-state index in [4.69, 9.17) is 9.47 Å². The van der Waals surface area contributed by atoms with Crippen LogP contribution in [0.2, 0.25) is 0 Å². The van der Waals surface area contributed by atoms with Crippen molar-refractivity contribution in [1.82, 2.24) is 10.2 Å². The number of hydrogen-bond donors (Lipinski definition) is 1. The molecule has 2 aromatic carbocycles. The molecule has 2 atom stereocenters. The van der Waals surface area contributed by atoms with Gasteiger partial charge in [0.1, 0.15) is 12.6 Å². The lowest BCUT2D eigenvalue weighted by Crippen LogP contribution is -2.52. The summed E-state index contributed by atoms with van der Waals surface area (Å²) in [6, 6.07) is 13.0. The van der Waals surface area contributed by atoms with Gasteiger partial charge in [0.2, 0.25) is 21.8 Å². The Kier molecular flexibility index (Phi) is 9.94. The van der Waals surface area contributed by atoms with E-state index in [9.17, 15) is 18.0 Å². The first-order chi connectivity index (χ1) is 16.5. The van der Waals surface area contributed by atoms with Gasteiger partial charge < -0.3 is 19.7 Å². The van der Waals surface area contributed by atoms with Crippen LogP contribution in [0, 0.1) is 0 Å². The van der Waals surface area contributed by atoms with Gasteiger partial charge in [0.15, 0.2) is 11.5 Å². The van der Waals surface area contributed by atoms with E-state index in [1.807, 2.05) is 44.2 Å². The second-order valence-electron chi connectivity index (χ2n) is 8.31. The van der Waals surface area contributed by atoms with Crippen LogP contribution in [0.25, 0.3) is 0 Å². The highest BCUT2D eigenvalue weighted by molar-refractivity contribution is 7.92. The Bertz CT molecular complexity index is 1110. The number of hydrogen-bond acceptors (Lipinski definition) is 6. The van der Waals surface area contributed by atoms with Gasteiger partial charge in [0.05, 0.1) is 26.2 Å². The van der Waals surface area contributed by atoms with Gasteiger partial charge in [-0.25, -0.2) is 8.42 Å². The molecule has 0 aromatic heterocycles. The maximum atomic E-state index is 13.5. The van der Waals surface area contributed by atoms with Gasteiger partial charge in [0, 0.05) is 18.7 Å². The zero-order chi connectivity index (χ0) is 26.2. The molecule has 192 valence electrons. The van der Waals surface area contributed by atoms with Crippen molar-refractivity contribution in [3.05, 3.63) is 54.1 Å². The highest BCUT2D eigenvalue weighted by Crippen LogP contribution is 2.32. The van der Waals surface area contributed by atoms with E-state index in [-0.39, 0.29) is 24.2 Å². The molecule has 0 unspecified atom stereocenters. The Hall–Kier alpha value is -3.27. The fraction of sp³-hybridized carbons (Fsp3) is 0.440. The molecule has 0 aliphatic rings. The summed E-state index contributed by atoms with van der Waals surface area (Å²) in [5, 5.41) is 2.90. The number of carbonyl (C=O) groups excluding carboxylic acids is 2. The standard InChI is InChI=1S/C25H35N3O6S/c1-7-18(2)26-25(30)19(3)27(16-20-11-9-8-10-12-20)24(29)17-28(35(6,31)32)21-13-14-22(33-4)23(15-21)34-5/h8-15,18-19H,7,16-17H2,1-6H3,(H,26,30)/t18-,19-/m0/s1. The highest BCUT2D eigenvalue weighted by Gasteiger charge is 2.30. The third-order valence-electron chi connectivity index (χ3n) is 5.70. The molecule has 9 nitrogen and oxygen atoms in total. The molecular formula is C25H35N3O6S. The van der Waals surface area contributed by atoms with Crippen molar-refractivity contribution in [2.24, 2.45) is 0 Å². The van der Waals surface area contributed by atoms with E-state index in [2.05, 4.69) is 5.32 Å². The summed E-state index contributed by atoms with van der Waals surface area (Å²) in [7, 11) is -0.928. The number of nitrogens with one attached hydrogen (secondary N) is 1. The lowest BCUT2D eigenvalue weighted by Gasteiger charge is -2.32. The van der Waals surface area contributed by atoms with Gasteiger partial charge in [-0.1, -0.05) is 37.3 Å². The van der Waals surface area contributed by atoms with Crippen molar-refractivity contribution in [2.45, 2.75) is 45.8 Å². The SMILES string of the molecule is CC[C@H](C)NC(=O)[C@H](C)N(Cc1ccccc1)C(=O)CN(c1ccc(OC)c(OC)c1)S(C)(=O)=O. The third kappa shape index (κ3) is 7.61. The molecule has 2 amide bonds. The van der Waals surface area contributed by atoms with Crippen LogP contribution in [0.15, 0.2) is 48.5 Å². The van der Waals surface area contributed by atoms with Crippen LogP contribution in [0.3, 0.4) is 0 Å². The van der Waals surface area contributed by atoms with Crippen molar-refractivity contribution < 1.29 is 27.5 Å². The molecule has 10 heteroatoms. The normalized spacial score (nSPS) is 12.9. The molecule has 35 heavy (non-hydrogen) atoms. The van der Waals surface area contributed by atoms with Gasteiger partial charge in [-0.2, -0.15) is 0 Å². The second kappa shape index (κ2) is 12.4. The number of methoxy groups -OCH3 is 2. The van der Waals surface area contributed by atoms with E-state index in [1.54, 1.807) is 13.0 Å². The molecule has 0 fully saturated rings. The van der Waals surface area contributed by atoms with E-state index >= 15 is 0 Å². The van der Waals surface area contributed by atoms with Gasteiger partial charge in [-0.3, -0.25) is 13.9 Å². The summed E-state index contributed by atoms with van der Waals surface area (Å²) in [6.45, 7) is 5.15. The number of sulfonamides is 1. The number of anilines is 1. The molecule has 0 heterocycles. The van der Waals surface area contributed by atoms with Crippen molar-refractivity contribution in [3.63, 3.8) is 0 Å². The van der Waals surface area contributed by atoms with Crippen LogP contribution in [-0.4, -0.2) is 64.2 Å². The molecule has 0 radical (unpaired) electrons. The topological polar surface area (TPSA) is 105 Å². The van der Waals surface area contributed by atoms with Gasteiger partial charge in [-0.05, 0) is 38.0 Å². The summed E-state index contributed by atoms with van der Waals surface area (Å²) in [4.78, 5) is 27.8. The lowest BCUT2D eigenvalue weighted by atomic mass is 10.1. The number of ether oxygens (including phenoxy) is 2. The predicted molar refractivity (Wildman–Crippen MR) is 136 cm³/mol. The summed E-state index contributed by atoms with van der Waals surface area (Å²) in [6.07, 6.45) is 1.77. The van der Waals surface area contributed by atoms with Gasteiger partial charge in [0.25, 0.3) is 0 Å². The number of benzene rings is 2. The molecule has 0 saturated heterocycles. The maximum absolute atomic E-state index is 13.5. The van der Waals surface area contributed by atoms with Crippen molar-refractivity contribution in [2.75, 3.05) is 31.3 Å². The number of rotatable bonds is 12. The fourth-order valence-electron chi connectivity index (χ4n) is 3.42. The van der Waals surface area contributed by atoms with E-state index in [1.165, 1.54) is 31.3 Å². The quantitative estimate of drug-likeness (QED) is 0.476. The molecule has 0 bridgehead atoms. The molecule has 0 aliphatic carbocycles. The zero-order valence-corrected chi connectivity index (χ0v) is 22.0. The Morgan fingerprint density at radius 2 is 1.63 bits per heavy atom. The Morgan fingerprint density at radius 1 is 1.00 bits per heavy atom. The van der Waals surface area contributed by atoms with Crippen LogP contribution < -0.4 is 19.1 Å². The summed E-state index contributed by atoms with van der Waals surface area (Å²) in [5.74, 6) is -0.0628. The second-order valence-corrected chi connectivity index (χ2v) is 10.2. The van der Waals surface area contributed by atoms with Crippen molar-refractivity contribution >= 4 is 27.5 Å². The van der Waals surface area contributed by atoms with Crippen LogP contribution in [0.5, 0.6) is 11.5 Å². The fourth-order valence-corrected chi connectivity index (χ4v) is 4.26. The van der Waals surface area contributed by atoms with Crippen molar-refractivity contribution in [3.8, 4) is 11.5 Å². The van der Waals surface area contributed by atoms with E-state index in [0.29, 0.717) is 11.5 Å². The minimum Gasteiger partial charge on any atom is -0.493 e. The molecule has 2 rings (SSSR count). The van der Waals surface area contributed by atoms with Gasteiger partial charge >= 0.3 is 0 Å². The molecule has 1 N–H and O–H groups in total. The first-order valence-corrected chi connectivity index (χ1v) is 13.2. The average molecular weight is 506 g/mol. The molecule has 0 saturated carbocycles. The van der Waals surface area contributed by atoms with Crippen LogP contribution in [-0.2, 0) is 26.2 Å². The first-order valence-electron chi connectivity index (χ1n) is 11.3. The number of nitrogens with zero attached hydrogens (tertiary/aromatic N) is 2. The number of amides is 2. The first kappa shape index (κ1) is 28.0. The number of carbonyl (C=O) groups is 2. The summed E-state index contributed by atoms with van der Waals surface area (Å²) in [5.41, 5.74) is 1.07. The largest absolute Gasteiger partial charge is 0.493 e. The Balaban J connectivity index is 2.41. The molecule has 0 aliphatic heterocycles. The maximum Gasteiger partial charge on any atom is 0.244 e. The molecule has 0 spiro atoms. The summed E-state index contributed by atoms with van der Waals surface area (Å²) >= 11 is 0. The molecule has 2 aromatic rings. The van der Waals surface area contributed by atoms with Gasteiger partial charge in [-0.15, -0.1) is 0 Å². The monoisotopic (exact) mass is 505 g/mol. The minimum atomic E-state index is -3.84. The zero-order valence-electron chi connectivity index (χ0n) is 21.1. The average Bonchev–Trinajstić information content (AvgIpc) is 2.84.